The molecular weight excluding hydrogens is 332 g/mol. The Bertz CT molecular complexity index is 863. The van der Waals surface area contributed by atoms with Crippen molar-refractivity contribution in [2.45, 2.75) is 18.4 Å². The van der Waals surface area contributed by atoms with Gasteiger partial charge in [-0.05, 0) is 36.8 Å². The molecule has 0 atom stereocenters. The van der Waals surface area contributed by atoms with Gasteiger partial charge < -0.3 is 10.6 Å². The fourth-order valence-corrected chi connectivity index (χ4v) is 2.36. The average Bonchev–Trinajstić information content (AvgIpc) is 2.52. The molecule has 1 aromatic heterocycles. The first kappa shape index (κ1) is 17.6. The standard InChI is InChI=1S/C15H16N4O4S/c1-10-3-2-4-13(18-10)19-15(21)14(20)17-9-11-5-7-12(8-6-11)24(16,22)23/h2-8H,9H2,1H3,(H,17,20)(H2,16,22,23)(H,18,19,21). The van der Waals surface area contributed by atoms with Crippen LogP contribution in [0.2, 0.25) is 0 Å². The van der Waals surface area contributed by atoms with Crippen molar-refractivity contribution in [1.29, 1.82) is 0 Å². The van der Waals surface area contributed by atoms with Gasteiger partial charge in [0.15, 0.2) is 0 Å². The van der Waals surface area contributed by atoms with Crippen LogP contribution < -0.4 is 15.8 Å². The Morgan fingerprint density at radius 3 is 2.33 bits per heavy atom. The smallest absolute Gasteiger partial charge is 0.314 e. The molecule has 0 radical (unpaired) electrons. The van der Waals surface area contributed by atoms with Crippen molar-refractivity contribution >= 4 is 27.7 Å². The van der Waals surface area contributed by atoms with E-state index in [9.17, 15) is 18.0 Å². The molecule has 0 unspecified atom stereocenters. The topological polar surface area (TPSA) is 131 Å². The lowest BCUT2D eigenvalue weighted by Crippen LogP contribution is -2.35. The maximum Gasteiger partial charge on any atom is 0.314 e. The van der Waals surface area contributed by atoms with E-state index in [2.05, 4.69) is 15.6 Å². The number of nitrogens with zero attached hydrogens (tertiary/aromatic N) is 1. The van der Waals surface area contributed by atoms with Gasteiger partial charge in [0, 0.05) is 12.2 Å². The van der Waals surface area contributed by atoms with E-state index in [1.165, 1.54) is 24.3 Å². The number of carbonyl (C=O) groups is 2. The maximum absolute atomic E-state index is 11.8. The number of pyridine rings is 1. The average molecular weight is 348 g/mol. The molecule has 2 aromatic rings. The minimum atomic E-state index is -3.76. The summed E-state index contributed by atoms with van der Waals surface area (Å²) in [5.41, 5.74) is 1.33. The molecule has 126 valence electrons. The summed E-state index contributed by atoms with van der Waals surface area (Å²) in [6.45, 7) is 1.83. The van der Waals surface area contributed by atoms with E-state index >= 15 is 0 Å². The summed E-state index contributed by atoms with van der Waals surface area (Å²) in [6.07, 6.45) is 0. The number of aromatic nitrogens is 1. The van der Waals surface area contributed by atoms with Crippen molar-refractivity contribution in [3.8, 4) is 0 Å². The Kier molecular flexibility index (Phi) is 5.27. The third-order valence-corrected chi connectivity index (χ3v) is 3.97. The highest BCUT2D eigenvalue weighted by molar-refractivity contribution is 7.89. The number of carbonyl (C=O) groups excluding carboxylic acids is 2. The van der Waals surface area contributed by atoms with Crippen LogP contribution in [0, 0.1) is 6.92 Å². The van der Waals surface area contributed by atoms with Gasteiger partial charge in [-0.25, -0.2) is 18.5 Å². The number of rotatable bonds is 4. The van der Waals surface area contributed by atoms with Crippen LogP contribution >= 0.6 is 0 Å². The number of aryl methyl sites for hydroxylation is 1. The summed E-state index contributed by atoms with van der Waals surface area (Å²) in [4.78, 5) is 27.6. The van der Waals surface area contributed by atoms with Gasteiger partial charge in [-0.1, -0.05) is 18.2 Å². The van der Waals surface area contributed by atoms with Gasteiger partial charge in [0.25, 0.3) is 0 Å². The molecule has 0 bridgehead atoms. The van der Waals surface area contributed by atoms with E-state index in [1.54, 1.807) is 25.1 Å². The molecule has 0 fully saturated rings. The van der Waals surface area contributed by atoms with Crippen molar-refractivity contribution in [2.24, 2.45) is 5.14 Å². The van der Waals surface area contributed by atoms with Gasteiger partial charge in [-0.3, -0.25) is 9.59 Å². The monoisotopic (exact) mass is 348 g/mol. The third kappa shape index (κ3) is 4.86. The van der Waals surface area contributed by atoms with Crippen LogP contribution in [-0.4, -0.2) is 25.2 Å². The first-order chi connectivity index (χ1) is 11.3. The molecule has 0 spiro atoms. The van der Waals surface area contributed by atoms with Crippen molar-refractivity contribution < 1.29 is 18.0 Å². The highest BCUT2D eigenvalue weighted by Gasteiger charge is 2.14. The van der Waals surface area contributed by atoms with E-state index < -0.39 is 21.8 Å². The SMILES string of the molecule is Cc1cccc(NC(=O)C(=O)NCc2ccc(S(N)(=O)=O)cc2)n1. The zero-order chi connectivity index (χ0) is 17.7. The van der Waals surface area contributed by atoms with Crippen LogP contribution in [0.25, 0.3) is 0 Å². The van der Waals surface area contributed by atoms with E-state index in [0.29, 0.717) is 11.3 Å². The Morgan fingerprint density at radius 2 is 1.75 bits per heavy atom. The summed E-state index contributed by atoms with van der Waals surface area (Å²) in [6, 6.07) is 10.7. The zero-order valence-corrected chi connectivity index (χ0v) is 13.6. The molecule has 2 rings (SSSR count). The van der Waals surface area contributed by atoms with Gasteiger partial charge in [-0.15, -0.1) is 0 Å². The molecule has 0 saturated heterocycles. The number of benzene rings is 1. The second-order valence-electron chi connectivity index (χ2n) is 4.99. The van der Waals surface area contributed by atoms with Crippen molar-refractivity contribution in [2.75, 3.05) is 5.32 Å². The number of primary sulfonamides is 1. The summed E-state index contributed by atoms with van der Waals surface area (Å²) in [7, 11) is -3.76. The maximum atomic E-state index is 11.8. The van der Waals surface area contributed by atoms with Gasteiger partial charge in [-0.2, -0.15) is 0 Å². The first-order valence-electron chi connectivity index (χ1n) is 6.90. The molecular formula is C15H16N4O4S. The van der Waals surface area contributed by atoms with Gasteiger partial charge in [0.1, 0.15) is 5.82 Å². The van der Waals surface area contributed by atoms with E-state index in [4.69, 9.17) is 5.14 Å². The molecule has 1 aromatic carbocycles. The molecule has 24 heavy (non-hydrogen) atoms. The van der Waals surface area contributed by atoms with Crippen LogP contribution in [0.3, 0.4) is 0 Å². The summed E-state index contributed by atoms with van der Waals surface area (Å²) in [5.74, 6) is -1.38. The Morgan fingerprint density at radius 1 is 1.08 bits per heavy atom. The highest BCUT2D eigenvalue weighted by Crippen LogP contribution is 2.08. The van der Waals surface area contributed by atoms with Crippen molar-refractivity contribution in [1.82, 2.24) is 10.3 Å². The minimum Gasteiger partial charge on any atom is -0.344 e. The number of nitrogens with one attached hydrogen (secondary N) is 2. The first-order valence-corrected chi connectivity index (χ1v) is 8.45. The fourth-order valence-electron chi connectivity index (χ4n) is 1.85. The van der Waals surface area contributed by atoms with Gasteiger partial charge >= 0.3 is 11.8 Å². The summed E-state index contributed by atoms with van der Waals surface area (Å²) < 4.78 is 22.3. The number of hydrogen-bond acceptors (Lipinski definition) is 5. The van der Waals surface area contributed by atoms with Crippen molar-refractivity contribution in [3.63, 3.8) is 0 Å². The Balaban J connectivity index is 1.91. The molecule has 0 aliphatic heterocycles. The molecule has 0 aliphatic rings. The lowest BCUT2D eigenvalue weighted by atomic mass is 10.2. The number of anilines is 1. The second kappa shape index (κ2) is 7.20. The quantitative estimate of drug-likeness (QED) is 0.684. The van der Waals surface area contributed by atoms with Crippen LogP contribution in [0.15, 0.2) is 47.4 Å². The van der Waals surface area contributed by atoms with Gasteiger partial charge in [0.05, 0.1) is 4.90 Å². The van der Waals surface area contributed by atoms with Crippen LogP contribution in [-0.2, 0) is 26.2 Å². The second-order valence-corrected chi connectivity index (χ2v) is 6.55. The third-order valence-electron chi connectivity index (χ3n) is 3.04. The molecule has 0 aliphatic carbocycles. The zero-order valence-electron chi connectivity index (χ0n) is 12.8. The molecule has 0 saturated carbocycles. The Labute approximate surface area is 139 Å². The normalized spacial score (nSPS) is 10.9. The lowest BCUT2D eigenvalue weighted by molar-refractivity contribution is -0.136. The Hall–Kier alpha value is -2.78. The molecule has 8 nitrogen and oxygen atoms in total. The predicted octanol–water partition coefficient (Wildman–Crippen LogP) is 0.292. The minimum absolute atomic E-state index is 0.0270. The van der Waals surface area contributed by atoms with Crippen LogP contribution in [0.1, 0.15) is 11.3 Å². The molecule has 4 N–H and O–H groups in total. The van der Waals surface area contributed by atoms with Gasteiger partial charge in [0.2, 0.25) is 10.0 Å². The fraction of sp³-hybridized carbons (Fsp3) is 0.133. The predicted molar refractivity (Wildman–Crippen MR) is 87.3 cm³/mol. The molecule has 9 heteroatoms. The van der Waals surface area contributed by atoms with Crippen LogP contribution in [0.4, 0.5) is 5.82 Å². The molecule has 2 amide bonds. The number of sulfonamides is 1. The van der Waals surface area contributed by atoms with Crippen molar-refractivity contribution in [3.05, 3.63) is 53.7 Å². The number of amides is 2. The number of hydrogen-bond donors (Lipinski definition) is 3. The highest BCUT2D eigenvalue weighted by atomic mass is 32.2. The van der Waals surface area contributed by atoms with E-state index in [1.807, 2.05) is 0 Å². The summed E-state index contributed by atoms with van der Waals surface area (Å²) in [5, 5.41) is 9.82. The summed E-state index contributed by atoms with van der Waals surface area (Å²) >= 11 is 0. The van der Waals surface area contributed by atoms with E-state index in [-0.39, 0.29) is 17.3 Å². The van der Waals surface area contributed by atoms with E-state index in [0.717, 1.165) is 0 Å². The lowest BCUT2D eigenvalue weighted by Gasteiger charge is -2.07. The van der Waals surface area contributed by atoms with Crippen LogP contribution in [0.5, 0.6) is 0 Å². The number of nitrogens with two attached hydrogens (primary N) is 1. The largest absolute Gasteiger partial charge is 0.344 e. The molecule has 1 heterocycles.